The van der Waals surface area contributed by atoms with Crippen LogP contribution in [0.25, 0.3) is 0 Å². The molecule has 0 fully saturated rings. The third-order valence-electron chi connectivity index (χ3n) is 5.40. The van der Waals surface area contributed by atoms with Crippen molar-refractivity contribution in [2.75, 3.05) is 36.4 Å². The van der Waals surface area contributed by atoms with E-state index in [1.54, 1.807) is 60.3 Å². The van der Waals surface area contributed by atoms with Gasteiger partial charge in [-0.15, -0.1) is 0 Å². The number of hydrogen-bond donors (Lipinski definition) is 1. The first-order valence-electron chi connectivity index (χ1n) is 11.5. The largest absolute Gasteiger partial charge is 0.486 e. The van der Waals surface area contributed by atoms with Crippen LogP contribution < -0.4 is 19.1 Å². The Morgan fingerprint density at radius 3 is 2.44 bits per heavy atom. The summed E-state index contributed by atoms with van der Waals surface area (Å²) < 4.78 is 52.1. The van der Waals surface area contributed by atoms with Crippen LogP contribution in [0.4, 0.5) is 10.1 Å². The second-order valence-corrected chi connectivity index (χ2v) is 11.0. The molecule has 1 amide bonds. The summed E-state index contributed by atoms with van der Waals surface area (Å²) in [5.74, 6) is 1.85. The third kappa shape index (κ3) is 6.70. The van der Waals surface area contributed by atoms with Crippen LogP contribution in [-0.4, -0.2) is 46.4 Å². The van der Waals surface area contributed by atoms with Gasteiger partial charge in [0.15, 0.2) is 11.5 Å². The van der Waals surface area contributed by atoms with Crippen LogP contribution in [0, 0.1) is 5.82 Å². The molecule has 0 aromatic heterocycles. The fourth-order valence-corrected chi connectivity index (χ4v) is 5.94. The average molecular weight is 531 g/mol. The van der Waals surface area contributed by atoms with Crippen molar-refractivity contribution < 1.29 is 27.1 Å². The number of thioether (sulfide) groups is 1. The molecule has 0 aliphatic carbocycles. The Balaban J connectivity index is 1.37. The average Bonchev–Trinajstić information content (AvgIpc) is 2.90. The maximum atomic E-state index is 13.5. The Bertz CT molecular complexity index is 1270. The smallest absolute Gasteiger partial charge is 0.264 e. The molecule has 190 valence electrons. The summed E-state index contributed by atoms with van der Waals surface area (Å²) in [4.78, 5) is 12.9. The van der Waals surface area contributed by atoms with Gasteiger partial charge < -0.3 is 14.8 Å². The SMILES string of the molecule is O=C(CN(c1ccc2c(c1)OCCO2)S(=O)(=O)c1ccccc1)NCCCSCc1ccc(F)cc1. The van der Waals surface area contributed by atoms with E-state index in [-0.39, 0.29) is 17.3 Å². The van der Waals surface area contributed by atoms with Gasteiger partial charge in [0.25, 0.3) is 10.0 Å². The zero-order chi connectivity index (χ0) is 25.4. The van der Waals surface area contributed by atoms with Gasteiger partial charge in [-0.1, -0.05) is 30.3 Å². The topological polar surface area (TPSA) is 84.9 Å². The van der Waals surface area contributed by atoms with E-state index in [0.717, 1.165) is 21.4 Å². The molecule has 7 nitrogen and oxygen atoms in total. The van der Waals surface area contributed by atoms with Crippen LogP contribution in [0.15, 0.2) is 77.7 Å². The van der Waals surface area contributed by atoms with Gasteiger partial charge in [-0.25, -0.2) is 12.8 Å². The maximum Gasteiger partial charge on any atom is 0.264 e. The molecule has 4 rings (SSSR count). The molecule has 0 saturated carbocycles. The normalized spacial score (nSPS) is 12.7. The van der Waals surface area contributed by atoms with Gasteiger partial charge in [-0.3, -0.25) is 9.10 Å². The lowest BCUT2D eigenvalue weighted by Crippen LogP contribution is -2.41. The monoisotopic (exact) mass is 530 g/mol. The van der Waals surface area contributed by atoms with Gasteiger partial charge in [0.2, 0.25) is 5.91 Å². The molecule has 1 aliphatic rings. The van der Waals surface area contributed by atoms with Gasteiger partial charge in [0, 0.05) is 18.4 Å². The van der Waals surface area contributed by atoms with Crippen LogP contribution in [0.3, 0.4) is 0 Å². The van der Waals surface area contributed by atoms with Gasteiger partial charge in [-0.05, 0) is 54.1 Å². The summed E-state index contributed by atoms with van der Waals surface area (Å²) in [6.45, 7) is 0.819. The van der Waals surface area contributed by atoms with Gasteiger partial charge in [0.1, 0.15) is 25.6 Å². The van der Waals surface area contributed by atoms with Crippen molar-refractivity contribution in [3.8, 4) is 11.5 Å². The van der Waals surface area contributed by atoms with E-state index in [9.17, 15) is 17.6 Å². The number of sulfonamides is 1. The number of benzene rings is 3. The molecule has 0 atom stereocenters. The van der Waals surface area contributed by atoms with E-state index in [0.29, 0.717) is 43.4 Å². The number of rotatable bonds is 11. The molecule has 1 N–H and O–H groups in total. The maximum absolute atomic E-state index is 13.5. The number of ether oxygens (including phenoxy) is 2. The molecule has 0 spiro atoms. The first-order chi connectivity index (χ1) is 17.4. The summed E-state index contributed by atoms with van der Waals surface area (Å²) in [6, 6.07) is 19.2. The standard InChI is InChI=1S/C26H27FN2O5S2/c27-21-9-7-20(8-10-21)19-35-16-4-13-28-26(30)18-29(36(31,32)23-5-2-1-3-6-23)22-11-12-24-25(17-22)34-15-14-33-24/h1-3,5-12,17H,4,13-16,18-19H2,(H,28,30). The van der Waals surface area contributed by atoms with Crippen LogP contribution in [-0.2, 0) is 20.6 Å². The number of carbonyl (C=O) groups excluding carboxylic acids is 1. The Kier molecular flexibility index (Phi) is 8.71. The van der Waals surface area contributed by atoms with Crippen LogP contribution in [0.1, 0.15) is 12.0 Å². The second kappa shape index (κ2) is 12.1. The predicted octanol–water partition coefficient (Wildman–Crippen LogP) is 4.23. The molecular formula is C26H27FN2O5S2. The predicted molar refractivity (Wildman–Crippen MR) is 139 cm³/mol. The zero-order valence-electron chi connectivity index (χ0n) is 19.6. The van der Waals surface area contributed by atoms with Gasteiger partial charge >= 0.3 is 0 Å². The minimum absolute atomic E-state index is 0.0879. The second-order valence-electron chi connectivity index (χ2n) is 8.04. The van der Waals surface area contributed by atoms with Gasteiger partial charge in [-0.2, -0.15) is 11.8 Å². The highest BCUT2D eigenvalue weighted by atomic mass is 32.2. The molecule has 0 saturated heterocycles. The number of nitrogens with zero attached hydrogens (tertiary/aromatic N) is 1. The number of anilines is 1. The van der Waals surface area contributed by atoms with E-state index >= 15 is 0 Å². The van der Waals surface area contributed by atoms with E-state index in [2.05, 4.69) is 5.32 Å². The highest BCUT2D eigenvalue weighted by Crippen LogP contribution is 2.35. The number of fused-ring (bicyclic) bond motifs is 1. The first kappa shape index (κ1) is 25.8. The lowest BCUT2D eigenvalue weighted by Gasteiger charge is -2.26. The molecular weight excluding hydrogens is 503 g/mol. The van der Waals surface area contributed by atoms with Crippen molar-refractivity contribution in [3.63, 3.8) is 0 Å². The van der Waals surface area contributed by atoms with Crippen molar-refractivity contribution in [1.82, 2.24) is 5.32 Å². The molecule has 3 aromatic carbocycles. The molecule has 36 heavy (non-hydrogen) atoms. The molecule has 0 radical (unpaired) electrons. The third-order valence-corrected chi connectivity index (χ3v) is 8.30. The van der Waals surface area contributed by atoms with Crippen molar-refractivity contribution in [3.05, 3.63) is 84.2 Å². The van der Waals surface area contributed by atoms with Crippen LogP contribution in [0.5, 0.6) is 11.5 Å². The quantitative estimate of drug-likeness (QED) is 0.374. The number of amides is 1. The van der Waals surface area contributed by atoms with Crippen molar-refractivity contribution in [1.29, 1.82) is 0 Å². The number of hydrogen-bond acceptors (Lipinski definition) is 6. The van der Waals surface area contributed by atoms with Crippen LogP contribution in [0.2, 0.25) is 0 Å². The number of carbonyl (C=O) groups is 1. The molecule has 3 aromatic rings. The summed E-state index contributed by atoms with van der Waals surface area (Å²) in [7, 11) is -4.00. The molecule has 1 aliphatic heterocycles. The molecule has 10 heteroatoms. The van der Waals surface area contributed by atoms with Crippen molar-refractivity contribution in [2.24, 2.45) is 0 Å². The Morgan fingerprint density at radius 2 is 1.69 bits per heavy atom. The van der Waals surface area contributed by atoms with Crippen LogP contribution >= 0.6 is 11.8 Å². The lowest BCUT2D eigenvalue weighted by atomic mass is 10.2. The Hall–Kier alpha value is -3.24. The molecule has 0 unspecified atom stereocenters. The summed E-state index contributed by atoms with van der Waals surface area (Å²) >= 11 is 1.68. The van der Waals surface area contributed by atoms with E-state index in [4.69, 9.17) is 9.47 Å². The highest BCUT2D eigenvalue weighted by Gasteiger charge is 2.28. The summed E-state index contributed by atoms with van der Waals surface area (Å²) in [6.07, 6.45) is 0.715. The fraction of sp³-hybridized carbons (Fsp3) is 0.269. The lowest BCUT2D eigenvalue weighted by molar-refractivity contribution is -0.119. The van der Waals surface area contributed by atoms with Gasteiger partial charge in [0.05, 0.1) is 10.6 Å². The van der Waals surface area contributed by atoms with Crippen molar-refractivity contribution in [2.45, 2.75) is 17.1 Å². The number of halogens is 1. The summed E-state index contributed by atoms with van der Waals surface area (Å²) in [5, 5.41) is 2.81. The van der Waals surface area contributed by atoms with Crippen molar-refractivity contribution >= 4 is 33.4 Å². The molecule has 1 heterocycles. The highest BCUT2D eigenvalue weighted by molar-refractivity contribution is 7.98. The number of nitrogens with one attached hydrogen (secondary N) is 1. The summed E-state index contributed by atoms with van der Waals surface area (Å²) in [5.41, 5.74) is 1.35. The fourth-order valence-electron chi connectivity index (χ4n) is 3.58. The Labute approximate surface area is 214 Å². The zero-order valence-corrected chi connectivity index (χ0v) is 21.2. The van der Waals surface area contributed by atoms with E-state index < -0.39 is 15.9 Å². The van der Waals surface area contributed by atoms with E-state index in [1.807, 2.05) is 0 Å². The Morgan fingerprint density at radius 1 is 0.972 bits per heavy atom. The molecule has 0 bridgehead atoms. The minimum atomic E-state index is -4.00. The first-order valence-corrected chi connectivity index (χ1v) is 14.1. The minimum Gasteiger partial charge on any atom is -0.486 e. The van der Waals surface area contributed by atoms with E-state index in [1.165, 1.54) is 24.3 Å².